The van der Waals surface area contributed by atoms with Gasteiger partial charge in [0.1, 0.15) is 5.69 Å². The molecule has 0 saturated heterocycles. The lowest BCUT2D eigenvalue weighted by Gasteiger charge is -2.05. The van der Waals surface area contributed by atoms with E-state index >= 15 is 0 Å². The number of fused-ring (bicyclic) bond motifs is 5. The van der Waals surface area contributed by atoms with Gasteiger partial charge in [-0.2, -0.15) is 0 Å². The van der Waals surface area contributed by atoms with Gasteiger partial charge in [0.2, 0.25) is 0 Å². The zero-order valence-corrected chi connectivity index (χ0v) is 15.9. The zero-order valence-electron chi connectivity index (χ0n) is 14.3. The molecule has 2 aromatic carbocycles. The van der Waals surface area contributed by atoms with E-state index < -0.39 is 0 Å². The number of benzene rings is 2. The summed E-state index contributed by atoms with van der Waals surface area (Å²) in [6.45, 7) is 0. The number of H-pyrrole nitrogens is 1. The lowest BCUT2D eigenvalue weighted by molar-refractivity contribution is 1.42. The van der Waals surface area contributed by atoms with Crippen LogP contribution in [0.2, 0.25) is 0 Å². The van der Waals surface area contributed by atoms with Crippen LogP contribution in [0.3, 0.4) is 0 Å². The van der Waals surface area contributed by atoms with E-state index in [-0.39, 0.29) is 0 Å². The number of nitrogens with one attached hydrogen (secondary N) is 1. The van der Waals surface area contributed by atoms with E-state index in [0.29, 0.717) is 0 Å². The Morgan fingerprint density at radius 3 is 2.41 bits per heavy atom. The van der Waals surface area contributed by atoms with Crippen molar-refractivity contribution in [2.75, 3.05) is 0 Å². The second kappa shape index (κ2) is 5.78. The smallest absolute Gasteiger partial charge is 0.105 e. The molecule has 0 spiro atoms. The van der Waals surface area contributed by atoms with Gasteiger partial charge in [0, 0.05) is 31.4 Å². The van der Waals surface area contributed by atoms with E-state index in [0.717, 1.165) is 22.2 Å². The summed E-state index contributed by atoms with van der Waals surface area (Å²) in [5.74, 6) is 0. The van der Waals surface area contributed by atoms with Gasteiger partial charge in [0.15, 0.2) is 0 Å². The highest BCUT2D eigenvalue weighted by molar-refractivity contribution is 7.23. The van der Waals surface area contributed by atoms with E-state index in [9.17, 15) is 0 Å². The van der Waals surface area contributed by atoms with Crippen molar-refractivity contribution in [2.24, 2.45) is 0 Å². The third-order valence-corrected chi connectivity index (χ3v) is 7.11. The van der Waals surface area contributed by atoms with Gasteiger partial charge in [-0.1, -0.05) is 42.5 Å². The monoisotopic (exact) mass is 382 g/mol. The summed E-state index contributed by atoms with van der Waals surface area (Å²) < 4.78 is 0. The molecule has 0 aliphatic heterocycles. The SMILES string of the molecule is c1csc(-c2ccc(-c3nc4ccccc4c4c3[nH]c3ccccc34)s2)c1. The Labute approximate surface area is 163 Å². The first-order valence-electron chi connectivity index (χ1n) is 8.82. The van der Waals surface area contributed by atoms with E-state index in [1.807, 2.05) is 0 Å². The van der Waals surface area contributed by atoms with Crippen LogP contribution in [0.5, 0.6) is 0 Å². The van der Waals surface area contributed by atoms with Crippen LogP contribution < -0.4 is 0 Å². The van der Waals surface area contributed by atoms with Gasteiger partial charge in [-0.15, -0.1) is 22.7 Å². The van der Waals surface area contributed by atoms with Crippen molar-refractivity contribution >= 4 is 55.4 Å². The Balaban J connectivity index is 1.71. The minimum Gasteiger partial charge on any atom is -0.353 e. The van der Waals surface area contributed by atoms with Gasteiger partial charge in [-0.25, -0.2) is 4.98 Å². The number of para-hydroxylation sites is 2. The van der Waals surface area contributed by atoms with Crippen molar-refractivity contribution in [1.29, 1.82) is 0 Å². The first kappa shape index (κ1) is 15.1. The van der Waals surface area contributed by atoms with E-state index in [1.54, 1.807) is 22.7 Å². The normalized spacial score (nSPS) is 11.7. The number of aromatic nitrogens is 2. The molecular formula is C23H14N2S2. The van der Waals surface area contributed by atoms with Gasteiger partial charge in [-0.3, -0.25) is 0 Å². The van der Waals surface area contributed by atoms with Crippen LogP contribution in [0, 0.1) is 0 Å². The van der Waals surface area contributed by atoms with Crippen LogP contribution in [0.25, 0.3) is 53.0 Å². The largest absolute Gasteiger partial charge is 0.353 e. The average Bonchev–Trinajstić information content (AvgIpc) is 3.46. The topological polar surface area (TPSA) is 28.7 Å². The second-order valence-electron chi connectivity index (χ2n) is 6.54. The summed E-state index contributed by atoms with van der Waals surface area (Å²) in [5.41, 5.74) is 4.35. The second-order valence-corrected chi connectivity index (χ2v) is 8.57. The Hall–Kier alpha value is -2.95. The molecule has 4 aromatic heterocycles. The maximum Gasteiger partial charge on any atom is 0.105 e. The fourth-order valence-corrected chi connectivity index (χ4v) is 5.59. The summed E-state index contributed by atoms with van der Waals surface area (Å²) in [6, 6.07) is 25.6. The summed E-state index contributed by atoms with van der Waals surface area (Å²) in [6.07, 6.45) is 0. The third kappa shape index (κ3) is 2.27. The third-order valence-electron chi connectivity index (χ3n) is 4.95. The lowest BCUT2D eigenvalue weighted by atomic mass is 10.1. The van der Waals surface area contributed by atoms with Crippen LogP contribution in [0.1, 0.15) is 0 Å². The molecule has 0 unspecified atom stereocenters. The summed E-state index contributed by atoms with van der Waals surface area (Å²) in [7, 11) is 0. The Bertz CT molecular complexity index is 1420. The zero-order chi connectivity index (χ0) is 17.8. The van der Waals surface area contributed by atoms with Crippen molar-refractivity contribution in [3.63, 3.8) is 0 Å². The molecule has 0 aliphatic carbocycles. The first-order chi connectivity index (χ1) is 13.4. The van der Waals surface area contributed by atoms with E-state index in [4.69, 9.17) is 4.98 Å². The number of nitrogens with zero attached hydrogens (tertiary/aromatic N) is 1. The van der Waals surface area contributed by atoms with Crippen molar-refractivity contribution in [2.45, 2.75) is 0 Å². The Morgan fingerprint density at radius 1 is 0.704 bits per heavy atom. The van der Waals surface area contributed by atoms with E-state index in [1.165, 1.54) is 30.8 Å². The van der Waals surface area contributed by atoms with Gasteiger partial charge in [0.25, 0.3) is 0 Å². The molecule has 0 aliphatic rings. The minimum atomic E-state index is 1.03. The number of thiophene rings is 2. The molecular weight excluding hydrogens is 368 g/mol. The Kier molecular flexibility index (Phi) is 3.24. The predicted molar refractivity (Wildman–Crippen MR) is 118 cm³/mol. The molecule has 2 nitrogen and oxygen atoms in total. The number of rotatable bonds is 2. The predicted octanol–water partition coefficient (Wildman–Crippen LogP) is 7.33. The standard InChI is InChI=1S/C23H14N2S2/c1-3-8-16-14(6-1)21-15-7-2-4-9-17(15)25-23(21)22(24-16)20-12-11-19(27-20)18-10-5-13-26-18/h1-13,25H. The first-order valence-corrected chi connectivity index (χ1v) is 10.5. The highest BCUT2D eigenvalue weighted by Crippen LogP contribution is 2.41. The highest BCUT2D eigenvalue weighted by atomic mass is 32.1. The van der Waals surface area contributed by atoms with Gasteiger partial charge < -0.3 is 4.98 Å². The lowest BCUT2D eigenvalue weighted by Crippen LogP contribution is -1.86. The summed E-state index contributed by atoms with van der Waals surface area (Å²) >= 11 is 3.58. The van der Waals surface area contributed by atoms with Gasteiger partial charge >= 0.3 is 0 Å². The molecule has 0 radical (unpaired) electrons. The van der Waals surface area contributed by atoms with Gasteiger partial charge in [0.05, 0.1) is 15.9 Å². The summed E-state index contributed by atoms with van der Waals surface area (Å²) in [4.78, 5) is 12.5. The molecule has 0 fully saturated rings. The molecule has 0 bridgehead atoms. The van der Waals surface area contributed by atoms with Crippen molar-refractivity contribution in [1.82, 2.24) is 9.97 Å². The molecule has 6 aromatic rings. The fourth-order valence-electron chi connectivity index (χ4n) is 3.75. The molecule has 1 N–H and O–H groups in total. The number of hydrogen-bond acceptors (Lipinski definition) is 3. The van der Waals surface area contributed by atoms with E-state index in [2.05, 4.69) is 83.2 Å². The quantitative estimate of drug-likeness (QED) is 0.334. The molecule has 27 heavy (non-hydrogen) atoms. The molecule has 0 amide bonds. The Morgan fingerprint density at radius 2 is 1.52 bits per heavy atom. The van der Waals surface area contributed by atoms with Crippen LogP contribution in [-0.2, 0) is 0 Å². The highest BCUT2D eigenvalue weighted by Gasteiger charge is 2.16. The van der Waals surface area contributed by atoms with Crippen molar-refractivity contribution in [3.8, 4) is 20.3 Å². The number of hydrogen-bond donors (Lipinski definition) is 1. The van der Waals surface area contributed by atoms with Crippen molar-refractivity contribution < 1.29 is 0 Å². The molecule has 0 saturated carbocycles. The molecule has 6 rings (SSSR count). The van der Waals surface area contributed by atoms with Gasteiger partial charge in [-0.05, 0) is 35.7 Å². The number of aromatic amines is 1. The molecule has 4 heterocycles. The molecule has 4 heteroatoms. The van der Waals surface area contributed by atoms with Crippen LogP contribution in [-0.4, -0.2) is 9.97 Å². The molecule has 128 valence electrons. The molecule has 0 atom stereocenters. The average molecular weight is 383 g/mol. The fraction of sp³-hybridized carbons (Fsp3) is 0. The van der Waals surface area contributed by atoms with Crippen LogP contribution in [0.15, 0.2) is 78.2 Å². The summed E-state index contributed by atoms with van der Waals surface area (Å²) in [5, 5.41) is 5.84. The van der Waals surface area contributed by atoms with Crippen molar-refractivity contribution in [3.05, 3.63) is 78.2 Å². The minimum absolute atomic E-state index is 1.03. The van der Waals surface area contributed by atoms with Crippen LogP contribution in [0.4, 0.5) is 0 Å². The van der Waals surface area contributed by atoms with Crippen LogP contribution >= 0.6 is 22.7 Å². The maximum atomic E-state index is 5.05. The number of pyridine rings is 1. The maximum absolute atomic E-state index is 5.05.